The SMILES string of the molecule is CCCCCCCCCCc1nc2csc(-c3ccc(-c4ccc(-c5scc6nc(CCCCCCCCCC)c(CCCCCCCCCC)nc56)s4)s3)c2nc1CCCCCCCCCC. The minimum atomic E-state index is 1.05. The quantitative estimate of drug-likeness (QED) is 0.0361. The van der Waals surface area contributed by atoms with E-state index < -0.39 is 0 Å². The Morgan fingerprint density at radius 1 is 0.294 bits per heavy atom. The summed E-state index contributed by atoms with van der Waals surface area (Å²) in [4.78, 5) is 29.6. The summed E-state index contributed by atoms with van der Waals surface area (Å²) < 4.78 is 0. The molecule has 374 valence electrons. The maximum absolute atomic E-state index is 5.50. The van der Waals surface area contributed by atoms with Gasteiger partial charge < -0.3 is 0 Å². The number of aromatic nitrogens is 4. The smallest absolute Gasteiger partial charge is 0.108 e. The van der Waals surface area contributed by atoms with Crippen LogP contribution in [0.15, 0.2) is 35.0 Å². The van der Waals surface area contributed by atoms with Crippen molar-refractivity contribution in [3.05, 3.63) is 57.8 Å². The molecule has 0 spiro atoms. The molecule has 6 rings (SSSR count). The topological polar surface area (TPSA) is 51.6 Å². The second-order valence-corrected chi connectivity index (χ2v) is 24.0. The molecule has 6 heterocycles. The van der Waals surface area contributed by atoms with Gasteiger partial charge in [-0.15, -0.1) is 45.3 Å². The first kappa shape index (κ1) is 54.8. The Hall–Kier alpha value is -2.52. The summed E-state index contributed by atoms with van der Waals surface area (Å²) in [6, 6.07) is 9.32. The molecular formula is C60H90N4S4. The molecule has 0 aliphatic rings. The van der Waals surface area contributed by atoms with Crippen LogP contribution in [0.2, 0.25) is 0 Å². The predicted octanol–water partition coefficient (Wildman–Crippen LogP) is 21.6. The van der Waals surface area contributed by atoms with E-state index in [4.69, 9.17) is 19.9 Å². The molecule has 0 saturated heterocycles. The summed E-state index contributed by atoms with van der Waals surface area (Å²) in [5, 5.41) is 4.54. The van der Waals surface area contributed by atoms with Crippen LogP contribution in [-0.4, -0.2) is 19.9 Å². The number of thiophene rings is 4. The Labute approximate surface area is 430 Å². The molecule has 0 bridgehead atoms. The van der Waals surface area contributed by atoms with Crippen molar-refractivity contribution in [2.45, 2.75) is 259 Å². The van der Waals surface area contributed by atoms with Crippen LogP contribution in [0.1, 0.15) is 256 Å². The van der Waals surface area contributed by atoms with Gasteiger partial charge in [-0.25, -0.2) is 19.9 Å². The molecule has 6 aromatic heterocycles. The van der Waals surface area contributed by atoms with Gasteiger partial charge in [0.15, 0.2) is 0 Å². The van der Waals surface area contributed by atoms with Crippen LogP contribution in [0.4, 0.5) is 0 Å². The third-order valence-corrected chi connectivity index (χ3v) is 18.8. The average Bonchev–Trinajstić information content (AvgIpc) is 4.19. The lowest BCUT2D eigenvalue weighted by molar-refractivity contribution is 0.567. The summed E-state index contributed by atoms with van der Waals surface area (Å²) in [5.74, 6) is 0. The van der Waals surface area contributed by atoms with E-state index in [0.29, 0.717) is 0 Å². The third kappa shape index (κ3) is 18.0. The first-order chi connectivity index (χ1) is 33.6. The standard InChI is InChI=1S/C60H90N4S4/c1-5-9-13-17-21-25-29-33-37-47-49(39-35-31-27-23-19-15-11-7-3)63-57-51(61-47)45-65-59(57)55-43-41-53(67-55)54-42-44-56(68-54)60-58-52(46-66-60)62-48(38-34-30-26-22-18-14-10-6-2)50(64-58)40-36-32-28-24-20-16-12-8-4/h41-46H,5-40H2,1-4H3. The molecule has 0 unspecified atom stereocenters. The zero-order valence-electron chi connectivity index (χ0n) is 43.3. The monoisotopic (exact) mass is 995 g/mol. The van der Waals surface area contributed by atoms with Crippen LogP contribution in [-0.2, 0) is 25.7 Å². The molecule has 68 heavy (non-hydrogen) atoms. The van der Waals surface area contributed by atoms with Crippen molar-refractivity contribution in [3.8, 4) is 29.3 Å². The van der Waals surface area contributed by atoms with Crippen LogP contribution >= 0.6 is 45.3 Å². The van der Waals surface area contributed by atoms with Crippen molar-refractivity contribution in [3.63, 3.8) is 0 Å². The number of hydrogen-bond acceptors (Lipinski definition) is 8. The van der Waals surface area contributed by atoms with Crippen LogP contribution in [0.25, 0.3) is 51.3 Å². The molecule has 0 aromatic carbocycles. The van der Waals surface area contributed by atoms with Gasteiger partial charge in [0.25, 0.3) is 0 Å². The second kappa shape index (κ2) is 32.5. The van der Waals surface area contributed by atoms with Gasteiger partial charge in [-0.3, -0.25) is 0 Å². The largest absolute Gasteiger partial charge is 0.248 e. The van der Waals surface area contributed by atoms with Gasteiger partial charge in [0.05, 0.1) is 32.5 Å². The first-order valence-corrected chi connectivity index (χ1v) is 31.8. The van der Waals surface area contributed by atoms with Crippen LogP contribution in [0.3, 0.4) is 0 Å². The fraction of sp³-hybridized carbons (Fsp3) is 0.667. The molecule has 4 nitrogen and oxygen atoms in total. The lowest BCUT2D eigenvalue weighted by Gasteiger charge is -2.10. The van der Waals surface area contributed by atoms with Gasteiger partial charge in [-0.2, -0.15) is 0 Å². The van der Waals surface area contributed by atoms with Gasteiger partial charge in [0, 0.05) is 30.3 Å². The molecular weight excluding hydrogens is 905 g/mol. The van der Waals surface area contributed by atoms with Gasteiger partial charge in [0.1, 0.15) is 22.1 Å². The van der Waals surface area contributed by atoms with E-state index in [-0.39, 0.29) is 0 Å². The second-order valence-electron chi connectivity index (χ2n) is 20.1. The number of fused-ring (bicyclic) bond motifs is 2. The summed E-state index contributed by atoms with van der Waals surface area (Å²) in [6.07, 6.45) is 47.1. The van der Waals surface area contributed by atoms with Crippen LogP contribution < -0.4 is 0 Å². The van der Waals surface area contributed by atoms with Crippen LogP contribution in [0.5, 0.6) is 0 Å². The van der Waals surface area contributed by atoms with E-state index in [2.05, 4.69) is 62.7 Å². The minimum Gasteiger partial charge on any atom is -0.248 e. The Bertz CT molecular complexity index is 2100. The van der Waals surface area contributed by atoms with E-state index in [0.717, 1.165) is 47.8 Å². The average molecular weight is 996 g/mol. The van der Waals surface area contributed by atoms with E-state index in [1.165, 1.54) is 258 Å². The summed E-state index contributed by atoms with van der Waals surface area (Å²) in [7, 11) is 0. The highest BCUT2D eigenvalue weighted by Crippen LogP contribution is 2.45. The number of rotatable bonds is 39. The van der Waals surface area contributed by atoms with Crippen molar-refractivity contribution in [1.82, 2.24) is 19.9 Å². The van der Waals surface area contributed by atoms with Crippen molar-refractivity contribution < 1.29 is 0 Å². The molecule has 0 atom stereocenters. The highest BCUT2D eigenvalue weighted by Gasteiger charge is 2.20. The maximum atomic E-state index is 5.50. The van der Waals surface area contributed by atoms with Gasteiger partial charge in [0.2, 0.25) is 0 Å². The molecule has 0 N–H and O–H groups in total. The molecule has 0 radical (unpaired) electrons. The Balaban J connectivity index is 1.14. The molecule has 0 fully saturated rings. The fourth-order valence-electron chi connectivity index (χ4n) is 9.92. The lowest BCUT2D eigenvalue weighted by Crippen LogP contribution is -2.03. The molecule has 8 heteroatoms. The van der Waals surface area contributed by atoms with Crippen LogP contribution in [0, 0.1) is 0 Å². The third-order valence-electron chi connectivity index (χ3n) is 14.1. The number of aryl methyl sites for hydroxylation is 4. The van der Waals surface area contributed by atoms with E-state index in [1.54, 1.807) is 0 Å². The summed E-state index contributed by atoms with van der Waals surface area (Å²) >= 11 is 7.47. The Kier molecular flexibility index (Phi) is 26.2. The normalized spacial score (nSPS) is 11.9. The molecule has 6 aromatic rings. The van der Waals surface area contributed by atoms with Crippen molar-refractivity contribution in [1.29, 1.82) is 0 Å². The van der Waals surface area contributed by atoms with E-state index in [9.17, 15) is 0 Å². The maximum Gasteiger partial charge on any atom is 0.108 e. The first-order valence-electron chi connectivity index (χ1n) is 28.4. The van der Waals surface area contributed by atoms with Crippen molar-refractivity contribution in [2.24, 2.45) is 0 Å². The molecule has 0 aliphatic carbocycles. The zero-order valence-corrected chi connectivity index (χ0v) is 46.6. The molecule has 0 amide bonds. The van der Waals surface area contributed by atoms with Crippen molar-refractivity contribution in [2.75, 3.05) is 0 Å². The van der Waals surface area contributed by atoms with Gasteiger partial charge in [-0.05, 0) is 75.6 Å². The van der Waals surface area contributed by atoms with E-state index in [1.807, 2.05) is 45.3 Å². The highest BCUT2D eigenvalue weighted by atomic mass is 32.1. The highest BCUT2D eigenvalue weighted by molar-refractivity contribution is 7.28. The lowest BCUT2D eigenvalue weighted by atomic mass is 10.0. The fourth-order valence-corrected chi connectivity index (χ4v) is 14.1. The summed E-state index contributed by atoms with van der Waals surface area (Å²) in [5.41, 5.74) is 9.44. The predicted molar refractivity (Wildman–Crippen MR) is 306 cm³/mol. The molecule has 0 aliphatic heterocycles. The number of hydrogen-bond donors (Lipinski definition) is 0. The Morgan fingerprint density at radius 3 is 0.838 bits per heavy atom. The van der Waals surface area contributed by atoms with Gasteiger partial charge >= 0.3 is 0 Å². The van der Waals surface area contributed by atoms with Crippen molar-refractivity contribution >= 4 is 67.4 Å². The van der Waals surface area contributed by atoms with E-state index >= 15 is 0 Å². The molecule has 0 saturated carbocycles. The number of unbranched alkanes of at least 4 members (excludes halogenated alkanes) is 28. The minimum absolute atomic E-state index is 1.05. The van der Waals surface area contributed by atoms with Gasteiger partial charge in [-0.1, -0.05) is 207 Å². The summed E-state index contributed by atoms with van der Waals surface area (Å²) in [6.45, 7) is 9.22. The number of nitrogens with zero attached hydrogens (tertiary/aromatic N) is 4. The zero-order chi connectivity index (χ0) is 47.4. The Morgan fingerprint density at radius 2 is 0.544 bits per heavy atom.